The Morgan fingerprint density at radius 3 is 2.79 bits per heavy atom. The predicted octanol–water partition coefficient (Wildman–Crippen LogP) is 2.19. The number of aryl methyl sites for hydroxylation is 1. The van der Waals surface area contributed by atoms with Gasteiger partial charge < -0.3 is 14.3 Å². The lowest BCUT2D eigenvalue weighted by Crippen LogP contribution is -2.31. The van der Waals surface area contributed by atoms with E-state index >= 15 is 0 Å². The Kier molecular flexibility index (Phi) is 2.37. The van der Waals surface area contributed by atoms with Crippen molar-refractivity contribution in [2.75, 3.05) is 6.61 Å². The minimum absolute atomic E-state index is 0.468. The Hall–Kier alpha value is -0.800. The van der Waals surface area contributed by atoms with Crippen LogP contribution in [0.5, 0.6) is 0 Å². The van der Waals surface area contributed by atoms with Crippen LogP contribution in [0.1, 0.15) is 37.4 Å². The van der Waals surface area contributed by atoms with Gasteiger partial charge in [0.1, 0.15) is 17.6 Å². The molecule has 0 radical (unpaired) electrons. The highest BCUT2D eigenvalue weighted by Gasteiger charge is 2.39. The van der Waals surface area contributed by atoms with Gasteiger partial charge in [-0.05, 0) is 38.8 Å². The lowest BCUT2D eigenvalue weighted by molar-refractivity contribution is -0.0876. The number of furan rings is 1. The molecule has 2 atom stereocenters. The number of hydrogen-bond acceptors (Lipinski definition) is 3. The monoisotopic (exact) mass is 196 g/mol. The summed E-state index contributed by atoms with van der Waals surface area (Å²) in [5.41, 5.74) is -0.468. The van der Waals surface area contributed by atoms with Crippen molar-refractivity contribution in [1.29, 1.82) is 0 Å². The van der Waals surface area contributed by atoms with Gasteiger partial charge in [-0.3, -0.25) is 0 Å². The van der Waals surface area contributed by atoms with Crippen LogP contribution in [-0.4, -0.2) is 17.3 Å². The molecule has 0 aromatic carbocycles. The zero-order valence-corrected chi connectivity index (χ0v) is 8.62. The molecule has 0 spiro atoms. The molecule has 1 aliphatic heterocycles. The maximum absolute atomic E-state index is 10.1. The Labute approximate surface area is 83.7 Å². The molecule has 1 aromatic rings. The van der Waals surface area contributed by atoms with Gasteiger partial charge in [0, 0.05) is 6.61 Å². The second kappa shape index (κ2) is 3.41. The molecule has 1 N–H and O–H groups in total. The van der Waals surface area contributed by atoms with Gasteiger partial charge in [-0.1, -0.05) is 0 Å². The van der Waals surface area contributed by atoms with Crippen molar-refractivity contribution in [3.8, 4) is 0 Å². The molecule has 0 aliphatic carbocycles. The fourth-order valence-corrected chi connectivity index (χ4v) is 1.92. The zero-order valence-electron chi connectivity index (χ0n) is 8.62. The summed E-state index contributed by atoms with van der Waals surface area (Å²) in [6, 6.07) is 3.67. The van der Waals surface area contributed by atoms with Crippen LogP contribution in [0.4, 0.5) is 0 Å². The Morgan fingerprint density at radius 2 is 2.29 bits per heavy atom. The van der Waals surface area contributed by atoms with Crippen LogP contribution in [-0.2, 0) is 4.74 Å². The highest BCUT2D eigenvalue weighted by atomic mass is 16.5. The van der Waals surface area contributed by atoms with Crippen molar-refractivity contribution in [1.82, 2.24) is 0 Å². The summed E-state index contributed by atoms with van der Waals surface area (Å²) in [4.78, 5) is 0. The smallest absolute Gasteiger partial charge is 0.140 e. The Bertz CT molecular complexity index is 310. The van der Waals surface area contributed by atoms with Crippen molar-refractivity contribution in [2.24, 2.45) is 0 Å². The van der Waals surface area contributed by atoms with Crippen molar-refractivity contribution < 1.29 is 14.3 Å². The first-order valence-electron chi connectivity index (χ1n) is 5.00. The van der Waals surface area contributed by atoms with Crippen LogP contribution in [0.2, 0.25) is 0 Å². The summed E-state index contributed by atoms with van der Waals surface area (Å²) in [5, 5.41) is 10.1. The Balaban J connectivity index is 2.18. The van der Waals surface area contributed by atoms with Crippen LogP contribution in [0.25, 0.3) is 0 Å². The maximum Gasteiger partial charge on any atom is 0.140 e. The molecule has 1 fully saturated rings. The molecule has 0 saturated carbocycles. The highest BCUT2D eigenvalue weighted by Crippen LogP contribution is 2.37. The second-order valence-electron chi connectivity index (χ2n) is 4.12. The van der Waals surface area contributed by atoms with Gasteiger partial charge in [-0.25, -0.2) is 0 Å². The molecule has 1 saturated heterocycles. The molecule has 3 heteroatoms. The molecule has 2 unspecified atom stereocenters. The van der Waals surface area contributed by atoms with Crippen LogP contribution in [0.15, 0.2) is 16.5 Å². The van der Waals surface area contributed by atoms with Crippen LogP contribution >= 0.6 is 0 Å². The molecule has 0 bridgehead atoms. The van der Waals surface area contributed by atoms with E-state index in [4.69, 9.17) is 9.15 Å². The lowest BCUT2D eigenvalue weighted by Gasteiger charge is -2.27. The molecular weight excluding hydrogens is 180 g/mol. The van der Waals surface area contributed by atoms with Gasteiger partial charge in [0.05, 0.1) is 5.60 Å². The van der Waals surface area contributed by atoms with Crippen molar-refractivity contribution in [3.05, 3.63) is 23.7 Å². The first kappa shape index (κ1) is 9.74. The van der Waals surface area contributed by atoms with Gasteiger partial charge >= 0.3 is 0 Å². The molecule has 14 heavy (non-hydrogen) atoms. The SMILES string of the molecule is Cc1ccc(C(O)C2(C)CCCO2)o1. The average molecular weight is 196 g/mol. The fourth-order valence-electron chi connectivity index (χ4n) is 1.92. The normalized spacial score (nSPS) is 29.4. The minimum Gasteiger partial charge on any atom is -0.464 e. The average Bonchev–Trinajstić information content (AvgIpc) is 2.74. The maximum atomic E-state index is 10.1. The van der Waals surface area contributed by atoms with E-state index in [9.17, 15) is 5.11 Å². The topological polar surface area (TPSA) is 42.6 Å². The van der Waals surface area contributed by atoms with E-state index in [1.165, 1.54) is 0 Å². The molecule has 3 nitrogen and oxygen atoms in total. The number of ether oxygens (including phenoxy) is 1. The molecule has 78 valence electrons. The third kappa shape index (κ3) is 1.57. The number of hydrogen-bond donors (Lipinski definition) is 1. The zero-order chi connectivity index (χ0) is 10.2. The van der Waals surface area contributed by atoms with Gasteiger partial charge in [-0.15, -0.1) is 0 Å². The predicted molar refractivity (Wildman–Crippen MR) is 52.0 cm³/mol. The van der Waals surface area contributed by atoms with Crippen molar-refractivity contribution in [2.45, 2.75) is 38.4 Å². The van der Waals surface area contributed by atoms with Crippen molar-refractivity contribution in [3.63, 3.8) is 0 Å². The van der Waals surface area contributed by atoms with Crippen LogP contribution in [0, 0.1) is 6.92 Å². The van der Waals surface area contributed by atoms with Gasteiger partial charge in [0.2, 0.25) is 0 Å². The van der Waals surface area contributed by atoms with E-state index in [2.05, 4.69) is 0 Å². The molecule has 2 rings (SSSR count). The van der Waals surface area contributed by atoms with Gasteiger partial charge in [0.15, 0.2) is 0 Å². The summed E-state index contributed by atoms with van der Waals surface area (Å²) in [5.74, 6) is 1.42. The summed E-state index contributed by atoms with van der Waals surface area (Å²) in [6.45, 7) is 4.53. The van der Waals surface area contributed by atoms with E-state index in [1.54, 1.807) is 0 Å². The first-order valence-corrected chi connectivity index (χ1v) is 5.00. The van der Waals surface area contributed by atoms with E-state index < -0.39 is 11.7 Å². The second-order valence-corrected chi connectivity index (χ2v) is 4.12. The molecule has 0 amide bonds. The van der Waals surface area contributed by atoms with E-state index in [-0.39, 0.29) is 0 Å². The summed E-state index contributed by atoms with van der Waals surface area (Å²) < 4.78 is 10.9. The quantitative estimate of drug-likeness (QED) is 0.788. The first-order chi connectivity index (χ1) is 6.62. The van der Waals surface area contributed by atoms with Crippen LogP contribution in [0.3, 0.4) is 0 Å². The number of aliphatic hydroxyl groups excluding tert-OH is 1. The summed E-state index contributed by atoms with van der Waals surface area (Å²) in [6.07, 6.45) is 1.24. The third-order valence-corrected chi connectivity index (χ3v) is 2.86. The van der Waals surface area contributed by atoms with E-state index in [0.717, 1.165) is 25.2 Å². The van der Waals surface area contributed by atoms with Crippen LogP contribution < -0.4 is 0 Å². The van der Waals surface area contributed by atoms with E-state index in [1.807, 2.05) is 26.0 Å². The molecule has 2 heterocycles. The molecular formula is C11H16O3. The Morgan fingerprint density at radius 1 is 1.50 bits per heavy atom. The standard InChI is InChI=1S/C11H16O3/c1-8-4-5-9(14-8)10(12)11(2)6-3-7-13-11/h4-5,10,12H,3,6-7H2,1-2H3. The van der Waals surface area contributed by atoms with Crippen molar-refractivity contribution >= 4 is 0 Å². The summed E-state index contributed by atoms with van der Waals surface area (Å²) in [7, 11) is 0. The van der Waals surface area contributed by atoms with Gasteiger partial charge in [0.25, 0.3) is 0 Å². The van der Waals surface area contributed by atoms with E-state index in [0.29, 0.717) is 5.76 Å². The largest absolute Gasteiger partial charge is 0.464 e. The van der Waals surface area contributed by atoms with Gasteiger partial charge in [-0.2, -0.15) is 0 Å². The third-order valence-electron chi connectivity index (χ3n) is 2.86. The fraction of sp³-hybridized carbons (Fsp3) is 0.636. The summed E-state index contributed by atoms with van der Waals surface area (Å²) >= 11 is 0. The highest BCUT2D eigenvalue weighted by molar-refractivity contribution is 5.12. The molecule has 1 aromatic heterocycles. The minimum atomic E-state index is -0.654. The number of rotatable bonds is 2. The number of aliphatic hydroxyl groups is 1. The molecule has 1 aliphatic rings. The lowest BCUT2D eigenvalue weighted by atomic mass is 9.94.